The maximum Gasteiger partial charge on any atom is 0.147 e. The molecule has 0 aliphatic rings. The maximum atomic E-state index is 9.32. The Hall–Kier alpha value is -0.280. The highest BCUT2D eigenvalue weighted by Gasteiger charge is 2.07. The van der Waals surface area contributed by atoms with Gasteiger partial charge in [0.15, 0.2) is 0 Å². The van der Waals surface area contributed by atoms with Gasteiger partial charge in [0.1, 0.15) is 17.4 Å². The minimum atomic E-state index is 0.0440. The zero-order valence-corrected chi connectivity index (χ0v) is 9.05. The first kappa shape index (κ1) is 8.81. The first-order valence-corrected chi connectivity index (χ1v) is 4.61. The summed E-state index contributed by atoms with van der Waals surface area (Å²) in [5.74, 6) is 0.0440. The lowest BCUT2D eigenvalue weighted by Gasteiger charge is -1.99. The third-order valence-corrected chi connectivity index (χ3v) is 2.72. The minimum absolute atomic E-state index is 0.0440. The van der Waals surface area contributed by atoms with E-state index in [1.807, 2.05) is 28.7 Å². The highest BCUT2D eigenvalue weighted by atomic mass is 127. The van der Waals surface area contributed by atoms with E-state index in [-0.39, 0.29) is 11.3 Å². The molecule has 0 aromatic heterocycles. The number of phenols is 1. The van der Waals surface area contributed by atoms with Crippen LogP contribution in [0.3, 0.4) is 0 Å². The predicted octanol–water partition coefficient (Wildman–Crippen LogP) is 2.63. The van der Waals surface area contributed by atoms with E-state index in [0.29, 0.717) is 8.04 Å². The molecule has 1 rings (SSSR count). The van der Waals surface area contributed by atoms with Gasteiger partial charge in [-0.2, -0.15) is 5.26 Å². The summed E-state index contributed by atoms with van der Waals surface area (Å²) in [5, 5.41) is 17.9. The van der Waals surface area contributed by atoms with E-state index in [9.17, 15) is 5.11 Å². The highest BCUT2D eigenvalue weighted by Crippen LogP contribution is 2.29. The summed E-state index contributed by atoms with van der Waals surface area (Å²) in [5.41, 5.74) is 0.289. The van der Waals surface area contributed by atoms with Crippen molar-refractivity contribution in [2.45, 2.75) is 0 Å². The largest absolute Gasteiger partial charge is 0.505 e. The van der Waals surface area contributed by atoms with Gasteiger partial charge in [-0.3, -0.25) is 0 Å². The van der Waals surface area contributed by atoms with Crippen molar-refractivity contribution in [3.05, 3.63) is 25.7 Å². The lowest BCUT2D eigenvalue weighted by Crippen LogP contribution is -1.81. The second kappa shape index (κ2) is 3.41. The first-order chi connectivity index (χ1) is 5.16. The number of nitriles is 1. The summed E-state index contributed by atoms with van der Waals surface area (Å²) >= 11 is 5.12. The summed E-state index contributed by atoms with van der Waals surface area (Å²) in [6.07, 6.45) is 0. The van der Waals surface area contributed by atoms with Crippen LogP contribution in [-0.4, -0.2) is 5.11 Å². The van der Waals surface area contributed by atoms with Crippen LogP contribution in [0.25, 0.3) is 0 Å². The van der Waals surface area contributed by atoms with E-state index < -0.39 is 0 Å². The molecular weight excluding hydrogens is 321 g/mol. The molecule has 0 amide bonds. The monoisotopic (exact) mass is 323 g/mol. The molecule has 0 radical (unpaired) electrons. The van der Waals surface area contributed by atoms with Crippen LogP contribution in [0.1, 0.15) is 5.56 Å². The van der Waals surface area contributed by atoms with Crippen molar-refractivity contribution >= 4 is 38.5 Å². The van der Waals surface area contributed by atoms with Gasteiger partial charge in [0, 0.05) is 4.47 Å². The normalized spacial score (nSPS) is 9.18. The standard InChI is InChI=1S/C7H3BrINO/c8-5-1-2-6(9)7(11)4(5)3-10/h1-2,11H. The van der Waals surface area contributed by atoms with Crippen molar-refractivity contribution in [1.82, 2.24) is 0 Å². The third kappa shape index (κ3) is 1.65. The Morgan fingerprint density at radius 1 is 1.55 bits per heavy atom. The van der Waals surface area contributed by atoms with Gasteiger partial charge in [-0.25, -0.2) is 0 Å². The molecule has 1 N–H and O–H groups in total. The van der Waals surface area contributed by atoms with Crippen LogP contribution in [0.4, 0.5) is 0 Å². The molecule has 0 saturated carbocycles. The highest BCUT2D eigenvalue weighted by molar-refractivity contribution is 14.1. The molecule has 0 unspecified atom stereocenters. The minimum Gasteiger partial charge on any atom is -0.505 e. The van der Waals surface area contributed by atoms with Gasteiger partial charge < -0.3 is 5.11 Å². The Morgan fingerprint density at radius 3 is 2.64 bits per heavy atom. The molecule has 0 aliphatic carbocycles. The molecule has 0 heterocycles. The van der Waals surface area contributed by atoms with Gasteiger partial charge in [0.25, 0.3) is 0 Å². The van der Waals surface area contributed by atoms with E-state index in [1.54, 1.807) is 12.1 Å². The summed E-state index contributed by atoms with van der Waals surface area (Å²) < 4.78 is 1.31. The van der Waals surface area contributed by atoms with Crippen molar-refractivity contribution in [1.29, 1.82) is 5.26 Å². The average molecular weight is 324 g/mol. The molecular formula is C7H3BrINO. The maximum absolute atomic E-state index is 9.32. The van der Waals surface area contributed by atoms with Gasteiger partial charge >= 0.3 is 0 Å². The molecule has 56 valence electrons. The molecule has 0 spiro atoms. The fourth-order valence-corrected chi connectivity index (χ4v) is 1.51. The Kier molecular flexibility index (Phi) is 2.73. The Balaban J connectivity index is 3.44. The average Bonchev–Trinajstić information content (AvgIpc) is 1.99. The van der Waals surface area contributed by atoms with E-state index in [4.69, 9.17) is 5.26 Å². The van der Waals surface area contributed by atoms with Crippen LogP contribution in [0.5, 0.6) is 5.75 Å². The van der Waals surface area contributed by atoms with Crippen LogP contribution in [0, 0.1) is 14.9 Å². The molecule has 4 heteroatoms. The number of nitrogens with zero attached hydrogens (tertiary/aromatic N) is 1. The summed E-state index contributed by atoms with van der Waals surface area (Å²) in [7, 11) is 0. The van der Waals surface area contributed by atoms with Gasteiger partial charge in [-0.05, 0) is 50.7 Å². The quantitative estimate of drug-likeness (QED) is 0.746. The SMILES string of the molecule is N#Cc1c(Br)ccc(I)c1O. The second-order valence-corrected chi connectivity index (χ2v) is 3.88. The summed E-state index contributed by atoms with van der Waals surface area (Å²) in [4.78, 5) is 0. The fraction of sp³-hybridized carbons (Fsp3) is 0. The van der Waals surface area contributed by atoms with Gasteiger partial charge in [0.05, 0.1) is 3.57 Å². The second-order valence-electron chi connectivity index (χ2n) is 1.86. The Morgan fingerprint density at radius 2 is 2.18 bits per heavy atom. The summed E-state index contributed by atoms with van der Waals surface area (Å²) in [6, 6.07) is 5.38. The number of halogens is 2. The molecule has 0 atom stereocenters. The van der Waals surface area contributed by atoms with E-state index >= 15 is 0 Å². The zero-order valence-electron chi connectivity index (χ0n) is 5.31. The lowest BCUT2D eigenvalue weighted by atomic mass is 10.2. The van der Waals surface area contributed by atoms with Crippen molar-refractivity contribution < 1.29 is 5.11 Å². The zero-order chi connectivity index (χ0) is 8.43. The van der Waals surface area contributed by atoms with Gasteiger partial charge in [-0.1, -0.05) is 0 Å². The van der Waals surface area contributed by atoms with Gasteiger partial charge in [-0.15, -0.1) is 0 Å². The van der Waals surface area contributed by atoms with E-state index in [0.717, 1.165) is 0 Å². The molecule has 1 aromatic rings. The van der Waals surface area contributed by atoms with E-state index in [1.165, 1.54) is 0 Å². The lowest BCUT2D eigenvalue weighted by molar-refractivity contribution is 0.469. The molecule has 0 saturated heterocycles. The van der Waals surface area contributed by atoms with E-state index in [2.05, 4.69) is 15.9 Å². The van der Waals surface area contributed by atoms with Crippen molar-refractivity contribution in [2.24, 2.45) is 0 Å². The van der Waals surface area contributed by atoms with Gasteiger partial charge in [0.2, 0.25) is 0 Å². The summed E-state index contributed by atoms with van der Waals surface area (Å²) in [6.45, 7) is 0. The molecule has 2 nitrogen and oxygen atoms in total. The Labute approximate surface area is 86.1 Å². The smallest absolute Gasteiger partial charge is 0.147 e. The van der Waals surface area contributed by atoms with Crippen LogP contribution >= 0.6 is 38.5 Å². The number of hydrogen-bond donors (Lipinski definition) is 1. The number of hydrogen-bond acceptors (Lipinski definition) is 2. The van der Waals surface area contributed by atoms with Crippen LogP contribution in [0.2, 0.25) is 0 Å². The number of aromatic hydroxyl groups is 1. The van der Waals surface area contributed by atoms with Crippen molar-refractivity contribution in [2.75, 3.05) is 0 Å². The molecule has 0 fully saturated rings. The molecule has 0 aliphatic heterocycles. The number of benzene rings is 1. The number of rotatable bonds is 0. The molecule has 11 heavy (non-hydrogen) atoms. The third-order valence-electron chi connectivity index (χ3n) is 1.19. The number of phenolic OH excluding ortho intramolecular Hbond substituents is 1. The van der Waals surface area contributed by atoms with Crippen LogP contribution in [-0.2, 0) is 0 Å². The fourth-order valence-electron chi connectivity index (χ4n) is 0.647. The topological polar surface area (TPSA) is 44.0 Å². The molecule has 0 bridgehead atoms. The molecule has 1 aromatic carbocycles. The van der Waals surface area contributed by atoms with Crippen LogP contribution < -0.4 is 0 Å². The predicted molar refractivity (Wildman–Crippen MR) is 53.2 cm³/mol. The van der Waals surface area contributed by atoms with Crippen molar-refractivity contribution in [3.63, 3.8) is 0 Å². The van der Waals surface area contributed by atoms with Crippen LogP contribution in [0.15, 0.2) is 16.6 Å². The first-order valence-electron chi connectivity index (χ1n) is 2.74. The Bertz CT molecular complexity index is 332. The van der Waals surface area contributed by atoms with Crippen molar-refractivity contribution in [3.8, 4) is 11.8 Å².